The topological polar surface area (TPSA) is 83.2 Å². The number of nitrogens with one attached hydrogen (secondary N) is 2. The van der Waals surface area contributed by atoms with Crippen molar-refractivity contribution in [3.05, 3.63) is 40.6 Å². The molecule has 2 heterocycles. The van der Waals surface area contributed by atoms with Gasteiger partial charge in [0.25, 0.3) is 0 Å². The molecule has 7 heteroatoms. The molecule has 3 rings (SSSR count). The summed E-state index contributed by atoms with van der Waals surface area (Å²) < 4.78 is 1.54. The molecule has 90 valence electrons. The van der Waals surface area contributed by atoms with Crippen LogP contribution in [0.5, 0.6) is 0 Å². The summed E-state index contributed by atoms with van der Waals surface area (Å²) in [5, 5.41) is 18.5. The molecule has 0 atom stereocenters. The summed E-state index contributed by atoms with van der Waals surface area (Å²) >= 11 is 6.12. The highest BCUT2D eigenvalue weighted by molar-refractivity contribution is 6.29. The Hall–Kier alpha value is -2.21. The van der Waals surface area contributed by atoms with Crippen molar-refractivity contribution in [2.75, 3.05) is 0 Å². The van der Waals surface area contributed by atoms with E-state index in [2.05, 4.69) is 20.4 Å². The molecule has 3 aromatic rings. The minimum absolute atomic E-state index is 0.160. The van der Waals surface area contributed by atoms with Crippen LogP contribution in [-0.2, 0) is 0 Å². The number of halogens is 1. The standard InChI is InChI=1S/C11H9ClN6/c1-6-4-2-3-5-7(6)18-9(13)8-10(14-11(18)12)16-17-15-8/h2-5,13H,1H3,(H,15,16,17). The molecule has 0 spiro atoms. The summed E-state index contributed by atoms with van der Waals surface area (Å²) in [5.41, 5.74) is 2.71. The maximum absolute atomic E-state index is 8.15. The van der Waals surface area contributed by atoms with Gasteiger partial charge in [-0.25, -0.2) is 0 Å². The maximum Gasteiger partial charge on any atom is 0.211 e. The third-order valence-corrected chi connectivity index (χ3v) is 2.97. The van der Waals surface area contributed by atoms with Gasteiger partial charge in [0, 0.05) is 0 Å². The first-order chi connectivity index (χ1) is 8.68. The van der Waals surface area contributed by atoms with Crippen molar-refractivity contribution in [3.8, 4) is 5.69 Å². The smallest absolute Gasteiger partial charge is 0.211 e. The first-order valence-electron chi connectivity index (χ1n) is 5.28. The van der Waals surface area contributed by atoms with Crippen LogP contribution in [0.4, 0.5) is 0 Å². The monoisotopic (exact) mass is 260 g/mol. The number of nitrogens with zero attached hydrogens (tertiary/aromatic N) is 4. The lowest BCUT2D eigenvalue weighted by Gasteiger charge is -2.11. The number of aromatic nitrogens is 5. The van der Waals surface area contributed by atoms with Crippen molar-refractivity contribution < 1.29 is 0 Å². The highest BCUT2D eigenvalue weighted by Crippen LogP contribution is 2.16. The molecule has 18 heavy (non-hydrogen) atoms. The number of hydrogen-bond acceptors (Lipinski definition) is 4. The third-order valence-electron chi connectivity index (χ3n) is 2.72. The van der Waals surface area contributed by atoms with E-state index in [9.17, 15) is 0 Å². The van der Waals surface area contributed by atoms with E-state index < -0.39 is 0 Å². The van der Waals surface area contributed by atoms with Crippen LogP contribution in [0.15, 0.2) is 24.3 Å². The number of fused-ring (bicyclic) bond motifs is 1. The van der Waals surface area contributed by atoms with Gasteiger partial charge < -0.3 is 0 Å². The molecule has 0 saturated heterocycles. The van der Waals surface area contributed by atoms with Gasteiger partial charge in [-0.2, -0.15) is 15.3 Å². The summed E-state index contributed by atoms with van der Waals surface area (Å²) in [6.07, 6.45) is 0. The molecule has 0 aliphatic heterocycles. The number of para-hydroxylation sites is 1. The lowest BCUT2D eigenvalue weighted by Crippen LogP contribution is -2.21. The maximum atomic E-state index is 8.15. The summed E-state index contributed by atoms with van der Waals surface area (Å²) in [7, 11) is 0. The first-order valence-corrected chi connectivity index (χ1v) is 5.66. The van der Waals surface area contributed by atoms with Gasteiger partial charge in [-0.05, 0) is 30.2 Å². The fourth-order valence-corrected chi connectivity index (χ4v) is 2.09. The lowest BCUT2D eigenvalue weighted by atomic mass is 10.2. The van der Waals surface area contributed by atoms with Gasteiger partial charge in [0.2, 0.25) is 10.9 Å². The molecular weight excluding hydrogens is 252 g/mol. The number of H-pyrrole nitrogens is 1. The van der Waals surface area contributed by atoms with E-state index in [0.29, 0.717) is 11.2 Å². The first kappa shape index (κ1) is 10.9. The van der Waals surface area contributed by atoms with Crippen molar-refractivity contribution in [2.24, 2.45) is 0 Å². The summed E-state index contributed by atoms with van der Waals surface area (Å²) in [5.74, 6) is 0. The molecule has 0 amide bonds. The highest BCUT2D eigenvalue weighted by atomic mass is 35.5. The zero-order valence-electron chi connectivity index (χ0n) is 9.48. The van der Waals surface area contributed by atoms with Crippen LogP contribution in [0.25, 0.3) is 16.9 Å². The fraction of sp³-hybridized carbons (Fsp3) is 0.0909. The van der Waals surface area contributed by atoms with Gasteiger partial charge in [-0.3, -0.25) is 9.98 Å². The zero-order chi connectivity index (χ0) is 12.7. The number of rotatable bonds is 1. The summed E-state index contributed by atoms with van der Waals surface area (Å²) in [6, 6.07) is 7.65. The van der Waals surface area contributed by atoms with Gasteiger partial charge in [0.15, 0.2) is 11.0 Å². The predicted molar refractivity (Wildman–Crippen MR) is 66.6 cm³/mol. The molecule has 0 aliphatic rings. The van der Waals surface area contributed by atoms with Crippen LogP contribution in [0.1, 0.15) is 5.56 Å². The fourth-order valence-electron chi connectivity index (χ4n) is 1.83. The van der Waals surface area contributed by atoms with E-state index in [4.69, 9.17) is 17.0 Å². The number of benzene rings is 1. The lowest BCUT2D eigenvalue weighted by molar-refractivity contribution is 0.897. The molecule has 0 fully saturated rings. The van der Waals surface area contributed by atoms with E-state index in [0.717, 1.165) is 11.3 Å². The quantitative estimate of drug-likeness (QED) is 0.652. The van der Waals surface area contributed by atoms with Gasteiger partial charge in [0.1, 0.15) is 0 Å². The van der Waals surface area contributed by atoms with Crippen molar-refractivity contribution in [3.63, 3.8) is 0 Å². The Bertz CT molecular complexity index is 788. The van der Waals surface area contributed by atoms with E-state index in [1.165, 1.54) is 0 Å². The van der Waals surface area contributed by atoms with E-state index in [1.54, 1.807) is 4.57 Å². The van der Waals surface area contributed by atoms with Gasteiger partial charge in [-0.1, -0.05) is 18.2 Å². The molecule has 0 aliphatic carbocycles. The predicted octanol–water partition coefficient (Wildman–Crippen LogP) is 1.58. The van der Waals surface area contributed by atoms with Crippen LogP contribution in [0, 0.1) is 12.3 Å². The van der Waals surface area contributed by atoms with Crippen LogP contribution in [0.3, 0.4) is 0 Å². The molecule has 1 aromatic carbocycles. The van der Waals surface area contributed by atoms with Crippen molar-refractivity contribution in [1.29, 1.82) is 5.41 Å². The van der Waals surface area contributed by atoms with Crippen molar-refractivity contribution >= 4 is 22.8 Å². The molecule has 2 aromatic heterocycles. The second kappa shape index (κ2) is 3.92. The normalized spacial score (nSPS) is 11.0. The van der Waals surface area contributed by atoms with E-state index >= 15 is 0 Å². The average molecular weight is 261 g/mol. The molecule has 0 radical (unpaired) electrons. The second-order valence-electron chi connectivity index (χ2n) is 3.85. The van der Waals surface area contributed by atoms with Gasteiger partial charge >= 0.3 is 0 Å². The van der Waals surface area contributed by atoms with Crippen molar-refractivity contribution in [2.45, 2.75) is 6.92 Å². The largest absolute Gasteiger partial charge is 0.282 e. The van der Waals surface area contributed by atoms with Crippen LogP contribution >= 0.6 is 11.6 Å². The zero-order valence-corrected chi connectivity index (χ0v) is 10.2. The molecule has 0 bridgehead atoms. The molecule has 0 unspecified atom stereocenters. The van der Waals surface area contributed by atoms with E-state index in [-0.39, 0.29) is 10.8 Å². The van der Waals surface area contributed by atoms with Crippen LogP contribution < -0.4 is 5.49 Å². The average Bonchev–Trinajstić information content (AvgIpc) is 2.79. The number of hydrogen-bond donors (Lipinski definition) is 2. The minimum Gasteiger partial charge on any atom is -0.282 e. The van der Waals surface area contributed by atoms with Gasteiger partial charge in [0.05, 0.1) is 5.69 Å². The Morgan fingerprint density at radius 3 is 2.83 bits per heavy atom. The Labute approximate surface area is 107 Å². The molecule has 2 N–H and O–H groups in total. The Kier molecular flexibility index (Phi) is 2.38. The Morgan fingerprint density at radius 1 is 1.28 bits per heavy atom. The van der Waals surface area contributed by atoms with Crippen LogP contribution in [0.2, 0.25) is 5.28 Å². The second-order valence-corrected chi connectivity index (χ2v) is 4.19. The highest BCUT2D eigenvalue weighted by Gasteiger charge is 2.12. The third kappa shape index (κ3) is 1.50. The minimum atomic E-state index is 0.160. The SMILES string of the molecule is Cc1ccccc1-n1c(Cl)nc2n[nH]nc2c1=N. The van der Waals surface area contributed by atoms with Crippen molar-refractivity contribution in [1.82, 2.24) is 25.0 Å². The van der Waals surface area contributed by atoms with E-state index in [1.807, 2.05) is 31.2 Å². The van der Waals surface area contributed by atoms with Crippen LogP contribution in [-0.4, -0.2) is 25.0 Å². The summed E-state index contributed by atoms with van der Waals surface area (Å²) in [4.78, 5) is 4.12. The Morgan fingerprint density at radius 2 is 2.06 bits per heavy atom. The summed E-state index contributed by atoms with van der Waals surface area (Å²) in [6.45, 7) is 1.95. The molecule has 0 saturated carbocycles. The molecule has 6 nitrogen and oxygen atoms in total. The van der Waals surface area contributed by atoms with Gasteiger partial charge in [-0.15, -0.1) is 5.10 Å². The number of aromatic amines is 1. The number of aryl methyl sites for hydroxylation is 1. The molecular formula is C11H9ClN6. The Balaban J connectivity index is 2.43.